The van der Waals surface area contributed by atoms with Crippen LogP contribution in [0.4, 0.5) is 10.5 Å². The normalized spacial score (nSPS) is 15.6. The number of carbonyl (C=O) groups is 1. The van der Waals surface area contributed by atoms with Crippen molar-refractivity contribution in [2.75, 3.05) is 18.4 Å². The molecule has 0 atom stereocenters. The second kappa shape index (κ2) is 7.43. The summed E-state index contributed by atoms with van der Waals surface area (Å²) in [6.45, 7) is 8.56. The van der Waals surface area contributed by atoms with Crippen LogP contribution in [0.2, 0.25) is 5.02 Å². The number of nitrogens with zero attached hydrogens (tertiary/aromatic N) is 3. The predicted octanol–water partition coefficient (Wildman–Crippen LogP) is 5.15. The molecule has 30 heavy (non-hydrogen) atoms. The van der Waals surface area contributed by atoms with Crippen LogP contribution in [0, 0.1) is 6.92 Å². The van der Waals surface area contributed by atoms with Crippen molar-refractivity contribution in [3.63, 3.8) is 0 Å². The van der Waals surface area contributed by atoms with Gasteiger partial charge in [-0.2, -0.15) is 10.2 Å². The van der Waals surface area contributed by atoms with E-state index in [1.807, 2.05) is 64.1 Å². The molecule has 2 heterocycles. The number of hydrogen-bond acceptors (Lipinski definition) is 5. The molecule has 1 N–H and O–H groups in total. The van der Waals surface area contributed by atoms with Crippen molar-refractivity contribution in [2.45, 2.75) is 38.8 Å². The highest BCUT2D eigenvalue weighted by Crippen LogP contribution is 2.40. The lowest BCUT2D eigenvalue weighted by Crippen LogP contribution is -2.65. The van der Waals surface area contributed by atoms with Crippen molar-refractivity contribution < 1.29 is 9.53 Å². The molecular formula is C23H25ClN4O2. The van der Waals surface area contributed by atoms with E-state index in [4.69, 9.17) is 16.3 Å². The van der Waals surface area contributed by atoms with Crippen molar-refractivity contribution in [1.82, 2.24) is 15.1 Å². The van der Waals surface area contributed by atoms with Gasteiger partial charge < -0.3 is 15.0 Å². The topological polar surface area (TPSA) is 67.4 Å². The van der Waals surface area contributed by atoms with Gasteiger partial charge in [-0.05, 0) is 63.1 Å². The fourth-order valence-electron chi connectivity index (χ4n) is 3.84. The molecule has 3 aromatic rings. The van der Waals surface area contributed by atoms with Gasteiger partial charge in [0.25, 0.3) is 0 Å². The molecule has 1 aliphatic rings. The van der Waals surface area contributed by atoms with Crippen molar-refractivity contribution in [3.05, 3.63) is 64.8 Å². The third-order valence-electron chi connectivity index (χ3n) is 5.26. The summed E-state index contributed by atoms with van der Waals surface area (Å²) in [5.74, 6) is 0. The van der Waals surface area contributed by atoms with Gasteiger partial charge in [0.15, 0.2) is 0 Å². The highest BCUT2D eigenvalue weighted by Gasteiger charge is 2.48. The van der Waals surface area contributed by atoms with Gasteiger partial charge in [0.2, 0.25) is 0 Å². The first-order valence-electron chi connectivity index (χ1n) is 9.90. The third-order valence-corrected chi connectivity index (χ3v) is 5.67. The second-order valence-electron chi connectivity index (χ2n) is 8.76. The smallest absolute Gasteiger partial charge is 0.410 e. The molecule has 2 aromatic carbocycles. The highest BCUT2D eigenvalue weighted by atomic mass is 35.5. The fourth-order valence-corrected chi connectivity index (χ4v) is 4.01. The summed E-state index contributed by atoms with van der Waals surface area (Å²) >= 11 is 6.42. The van der Waals surface area contributed by atoms with Gasteiger partial charge in [0.1, 0.15) is 5.60 Å². The van der Waals surface area contributed by atoms with Gasteiger partial charge in [-0.25, -0.2) is 4.79 Å². The molecule has 1 aliphatic heterocycles. The van der Waals surface area contributed by atoms with E-state index < -0.39 is 11.1 Å². The van der Waals surface area contributed by atoms with Crippen LogP contribution in [0.1, 0.15) is 31.9 Å². The summed E-state index contributed by atoms with van der Waals surface area (Å²) in [5, 5.41) is 13.5. The van der Waals surface area contributed by atoms with Crippen molar-refractivity contribution in [1.29, 1.82) is 0 Å². The number of likely N-dealkylation sites (tertiary alicyclic amines) is 1. The van der Waals surface area contributed by atoms with Crippen LogP contribution < -0.4 is 5.32 Å². The molecule has 1 aromatic heterocycles. The molecule has 1 saturated heterocycles. The zero-order valence-electron chi connectivity index (χ0n) is 17.6. The molecule has 1 fully saturated rings. The quantitative estimate of drug-likeness (QED) is 0.629. The minimum absolute atomic E-state index is 0.316. The number of benzene rings is 2. The summed E-state index contributed by atoms with van der Waals surface area (Å²) in [6, 6.07) is 13.8. The summed E-state index contributed by atoms with van der Waals surface area (Å²) < 4.78 is 5.55. The Labute approximate surface area is 181 Å². The minimum Gasteiger partial charge on any atom is -0.444 e. The molecule has 6 nitrogen and oxygen atoms in total. The van der Waals surface area contributed by atoms with E-state index in [1.54, 1.807) is 11.1 Å². The maximum atomic E-state index is 12.6. The Kier molecular flexibility index (Phi) is 5.06. The molecule has 0 bridgehead atoms. The number of ether oxygens (including phenoxy) is 1. The van der Waals surface area contributed by atoms with E-state index >= 15 is 0 Å². The van der Waals surface area contributed by atoms with Crippen LogP contribution in [0.15, 0.2) is 48.7 Å². The number of anilines is 1. The SMILES string of the molecule is Cc1c(Cl)cccc1C1(Nc2ccc3ccnnc3c2)CN(C(=O)OC(C)(C)C)C1. The number of aromatic nitrogens is 2. The lowest BCUT2D eigenvalue weighted by Gasteiger charge is -2.51. The van der Waals surface area contributed by atoms with E-state index in [0.29, 0.717) is 18.1 Å². The lowest BCUT2D eigenvalue weighted by molar-refractivity contribution is -0.00490. The van der Waals surface area contributed by atoms with E-state index in [0.717, 1.165) is 27.7 Å². The lowest BCUT2D eigenvalue weighted by atomic mass is 9.80. The minimum atomic E-state index is -0.536. The van der Waals surface area contributed by atoms with E-state index in [2.05, 4.69) is 21.6 Å². The van der Waals surface area contributed by atoms with Crippen LogP contribution in [-0.4, -0.2) is 39.9 Å². The Hall–Kier alpha value is -2.86. The van der Waals surface area contributed by atoms with Gasteiger partial charge in [-0.1, -0.05) is 29.8 Å². The highest BCUT2D eigenvalue weighted by molar-refractivity contribution is 6.31. The third kappa shape index (κ3) is 3.92. The van der Waals surface area contributed by atoms with E-state index in [9.17, 15) is 4.79 Å². The Morgan fingerprint density at radius 1 is 1.20 bits per heavy atom. The molecule has 156 valence electrons. The first-order chi connectivity index (χ1) is 14.2. The van der Waals surface area contributed by atoms with E-state index in [-0.39, 0.29) is 6.09 Å². The average molecular weight is 425 g/mol. The summed E-state index contributed by atoms with van der Waals surface area (Å²) in [6.07, 6.45) is 1.36. The zero-order valence-corrected chi connectivity index (χ0v) is 18.3. The number of amides is 1. The number of carbonyl (C=O) groups excluding carboxylic acids is 1. The molecule has 0 aliphatic carbocycles. The Balaban J connectivity index is 1.66. The molecule has 0 spiro atoms. The first kappa shape index (κ1) is 20.4. The van der Waals surface area contributed by atoms with Gasteiger partial charge in [-0.15, -0.1) is 0 Å². The van der Waals surface area contributed by atoms with Crippen LogP contribution in [0.25, 0.3) is 10.9 Å². The summed E-state index contributed by atoms with van der Waals surface area (Å²) in [7, 11) is 0. The average Bonchev–Trinajstić information content (AvgIpc) is 2.65. The van der Waals surface area contributed by atoms with Crippen LogP contribution >= 0.6 is 11.6 Å². The number of fused-ring (bicyclic) bond motifs is 1. The van der Waals surface area contributed by atoms with Gasteiger partial charge in [0, 0.05) is 16.1 Å². The molecule has 0 saturated carbocycles. The number of halogens is 1. The predicted molar refractivity (Wildman–Crippen MR) is 119 cm³/mol. The Morgan fingerprint density at radius 3 is 2.70 bits per heavy atom. The Bertz CT molecular complexity index is 1100. The maximum Gasteiger partial charge on any atom is 0.410 e. The standard InChI is InChI=1S/C23H25ClN4O2/c1-15-18(6-5-7-19(15)24)23(13-28(14-23)21(29)30-22(2,3)4)26-17-9-8-16-10-11-25-27-20(16)12-17/h5-12,26H,13-14H2,1-4H3. The van der Waals surface area contributed by atoms with Crippen LogP contribution in [0.5, 0.6) is 0 Å². The summed E-state index contributed by atoms with van der Waals surface area (Å²) in [4.78, 5) is 14.3. The Morgan fingerprint density at radius 2 is 1.97 bits per heavy atom. The van der Waals surface area contributed by atoms with Gasteiger partial charge in [-0.3, -0.25) is 0 Å². The zero-order chi connectivity index (χ0) is 21.5. The fraction of sp³-hybridized carbons (Fsp3) is 0.348. The van der Waals surface area contributed by atoms with Crippen LogP contribution in [-0.2, 0) is 10.3 Å². The molecule has 7 heteroatoms. The maximum absolute atomic E-state index is 12.6. The monoisotopic (exact) mass is 424 g/mol. The molecule has 0 unspecified atom stereocenters. The van der Waals surface area contributed by atoms with Crippen molar-refractivity contribution >= 4 is 34.3 Å². The largest absolute Gasteiger partial charge is 0.444 e. The number of hydrogen-bond donors (Lipinski definition) is 1. The van der Waals surface area contributed by atoms with E-state index in [1.165, 1.54) is 0 Å². The van der Waals surface area contributed by atoms with Crippen molar-refractivity contribution in [3.8, 4) is 0 Å². The summed E-state index contributed by atoms with van der Waals surface area (Å²) in [5.41, 5.74) is 2.77. The second-order valence-corrected chi connectivity index (χ2v) is 9.17. The number of rotatable bonds is 3. The van der Waals surface area contributed by atoms with Gasteiger partial charge in [0.05, 0.1) is 30.3 Å². The first-order valence-corrected chi connectivity index (χ1v) is 10.3. The van der Waals surface area contributed by atoms with Crippen LogP contribution in [0.3, 0.4) is 0 Å². The molecule has 4 rings (SSSR count). The van der Waals surface area contributed by atoms with Crippen molar-refractivity contribution in [2.24, 2.45) is 0 Å². The van der Waals surface area contributed by atoms with Gasteiger partial charge >= 0.3 is 6.09 Å². The molecule has 1 amide bonds. The molecular weight excluding hydrogens is 400 g/mol. The molecule has 0 radical (unpaired) electrons. The number of nitrogens with one attached hydrogen (secondary N) is 1.